The number of anilines is 1. The molecule has 0 radical (unpaired) electrons. The highest BCUT2D eigenvalue weighted by Gasteiger charge is 2.43. The molecular formula is C27H35N3O2. The van der Waals surface area contributed by atoms with Crippen molar-refractivity contribution in [2.45, 2.75) is 70.8 Å². The van der Waals surface area contributed by atoms with Gasteiger partial charge in [0.2, 0.25) is 0 Å². The number of rotatable bonds is 4. The highest BCUT2D eigenvalue weighted by Crippen LogP contribution is 2.36. The Kier molecular flexibility index (Phi) is 6.27. The summed E-state index contributed by atoms with van der Waals surface area (Å²) in [6, 6.07) is 16.7. The minimum atomic E-state index is -0.283. The fraction of sp³-hybridized carbons (Fsp3) is 0.481. The molecule has 5 nitrogen and oxygen atoms in total. The van der Waals surface area contributed by atoms with E-state index in [-0.39, 0.29) is 17.0 Å². The van der Waals surface area contributed by atoms with E-state index in [1.54, 1.807) is 0 Å². The second-order valence-corrected chi connectivity index (χ2v) is 10.1. The molecule has 1 spiro atoms. The second kappa shape index (κ2) is 8.97. The predicted molar refractivity (Wildman–Crippen MR) is 130 cm³/mol. The molecule has 2 aromatic rings. The lowest BCUT2D eigenvalue weighted by molar-refractivity contribution is -0.0544. The van der Waals surface area contributed by atoms with Gasteiger partial charge in [-0.1, -0.05) is 81.7 Å². The summed E-state index contributed by atoms with van der Waals surface area (Å²) < 4.78 is 0. The van der Waals surface area contributed by atoms with E-state index in [2.05, 4.69) is 68.5 Å². The van der Waals surface area contributed by atoms with Crippen molar-refractivity contribution in [3.8, 4) is 0 Å². The minimum Gasteiger partial charge on any atom is -0.388 e. The molecule has 170 valence electrons. The van der Waals surface area contributed by atoms with Crippen LogP contribution in [0.4, 0.5) is 10.5 Å². The van der Waals surface area contributed by atoms with Gasteiger partial charge in [0.05, 0.1) is 5.71 Å². The van der Waals surface area contributed by atoms with Gasteiger partial charge in [-0.3, -0.25) is 0 Å². The highest BCUT2D eigenvalue weighted by atomic mass is 16.7. The Hall–Kier alpha value is -2.82. The molecule has 2 aromatic carbocycles. The molecule has 0 bridgehead atoms. The monoisotopic (exact) mass is 433 g/mol. The molecule has 2 amide bonds. The first-order chi connectivity index (χ1) is 15.3. The Labute approximate surface area is 191 Å². The van der Waals surface area contributed by atoms with Crippen LogP contribution in [0.5, 0.6) is 0 Å². The molecule has 0 aromatic heterocycles. The Morgan fingerprint density at radius 1 is 1.09 bits per heavy atom. The van der Waals surface area contributed by atoms with Gasteiger partial charge in [-0.25, -0.2) is 4.79 Å². The van der Waals surface area contributed by atoms with Crippen LogP contribution in [-0.4, -0.2) is 35.3 Å². The maximum absolute atomic E-state index is 12.9. The van der Waals surface area contributed by atoms with E-state index < -0.39 is 0 Å². The first-order valence-corrected chi connectivity index (χ1v) is 11.8. The fourth-order valence-corrected chi connectivity index (χ4v) is 4.55. The van der Waals surface area contributed by atoms with Crippen molar-refractivity contribution in [3.63, 3.8) is 0 Å². The number of nitrogens with one attached hydrogen (secondary N) is 1. The standard InChI is InChI=1S/C27H35N3O2/c1-5-8-20-9-6-7-10-23(20)28-25(31)30-17-15-27(16-18-30)19-24(29-32-27)21-11-13-22(14-12-21)26(2,3)4/h6-7,9-14H,5,8,15-19H2,1-4H3,(H,28,31). The number of carbonyl (C=O) groups excluding carboxylic acids is 1. The number of likely N-dealkylation sites (tertiary alicyclic amines) is 1. The number of nitrogens with zero attached hydrogens (tertiary/aromatic N) is 2. The summed E-state index contributed by atoms with van der Waals surface area (Å²) in [4.78, 5) is 20.7. The van der Waals surface area contributed by atoms with Crippen LogP contribution in [0.25, 0.3) is 0 Å². The van der Waals surface area contributed by atoms with Gasteiger partial charge in [0.15, 0.2) is 0 Å². The maximum atomic E-state index is 12.9. The Morgan fingerprint density at radius 3 is 2.44 bits per heavy atom. The van der Waals surface area contributed by atoms with Crippen molar-refractivity contribution in [1.29, 1.82) is 0 Å². The summed E-state index contributed by atoms with van der Waals surface area (Å²) in [6.07, 6.45) is 4.41. The second-order valence-electron chi connectivity index (χ2n) is 10.1. The van der Waals surface area contributed by atoms with Crippen LogP contribution in [0, 0.1) is 0 Å². The molecule has 1 fully saturated rings. The molecule has 0 saturated carbocycles. The van der Waals surface area contributed by atoms with Gasteiger partial charge in [0, 0.05) is 38.0 Å². The smallest absolute Gasteiger partial charge is 0.321 e. The molecule has 5 heteroatoms. The lowest BCUT2D eigenvalue weighted by atomic mass is 9.84. The van der Waals surface area contributed by atoms with E-state index in [1.807, 2.05) is 23.1 Å². The predicted octanol–water partition coefficient (Wildman–Crippen LogP) is 6.13. The third-order valence-electron chi connectivity index (χ3n) is 6.66. The lowest BCUT2D eigenvalue weighted by Gasteiger charge is -2.37. The number of aryl methyl sites for hydroxylation is 1. The van der Waals surface area contributed by atoms with Crippen molar-refractivity contribution in [2.24, 2.45) is 5.16 Å². The molecular weight excluding hydrogens is 398 g/mol. The summed E-state index contributed by atoms with van der Waals surface area (Å²) >= 11 is 0. The zero-order valence-electron chi connectivity index (χ0n) is 19.8. The molecule has 2 aliphatic rings. The number of oxime groups is 1. The molecule has 1 N–H and O–H groups in total. The van der Waals surface area contributed by atoms with Crippen LogP contribution >= 0.6 is 0 Å². The van der Waals surface area contributed by atoms with E-state index in [4.69, 9.17) is 4.84 Å². The fourth-order valence-electron chi connectivity index (χ4n) is 4.55. The van der Waals surface area contributed by atoms with E-state index in [9.17, 15) is 4.79 Å². The SMILES string of the molecule is CCCc1ccccc1NC(=O)N1CCC2(CC1)CC(c1ccc(C(C)(C)C)cc1)=NO2. The molecule has 0 aliphatic carbocycles. The zero-order chi connectivity index (χ0) is 22.8. The van der Waals surface area contributed by atoms with Crippen molar-refractivity contribution >= 4 is 17.4 Å². The van der Waals surface area contributed by atoms with Crippen molar-refractivity contribution < 1.29 is 9.63 Å². The number of piperidine rings is 1. The topological polar surface area (TPSA) is 53.9 Å². The van der Waals surface area contributed by atoms with Gasteiger partial charge in [-0.05, 0) is 34.6 Å². The van der Waals surface area contributed by atoms with E-state index in [0.717, 1.165) is 49.1 Å². The third kappa shape index (κ3) is 4.82. The number of hydrogen-bond acceptors (Lipinski definition) is 3. The molecule has 4 rings (SSSR count). The lowest BCUT2D eigenvalue weighted by Crippen LogP contribution is -2.48. The summed E-state index contributed by atoms with van der Waals surface area (Å²) in [7, 11) is 0. The van der Waals surface area contributed by atoms with Gasteiger partial charge in [0.25, 0.3) is 0 Å². The molecule has 2 heterocycles. The van der Waals surface area contributed by atoms with Crippen LogP contribution in [0.3, 0.4) is 0 Å². The number of amides is 2. The Morgan fingerprint density at radius 2 is 1.78 bits per heavy atom. The number of carbonyl (C=O) groups is 1. The molecule has 1 saturated heterocycles. The zero-order valence-corrected chi connectivity index (χ0v) is 19.8. The minimum absolute atomic E-state index is 0.0275. The van der Waals surface area contributed by atoms with Crippen LogP contribution in [0.2, 0.25) is 0 Å². The normalized spacial score (nSPS) is 17.8. The van der Waals surface area contributed by atoms with Crippen LogP contribution in [-0.2, 0) is 16.7 Å². The number of hydrogen-bond donors (Lipinski definition) is 1. The first kappa shape index (κ1) is 22.4. The summed E-state index contributed by atoms with van der Waals surface area (Å²) in [5.74, 6) is 0. The van der Waals surface area contributed by atoms with Crippen molar-refractivity contribution in [1.82, 2.24) is 4.90 Å². The maximum Gasteiger partial charge on any atom is 0.321 e. The van der Waals surface area contributed by atoms with Crippen LogP contribution < -0.4 is 5.32 Å². The van der Waals surface area contributed by atoms with Crippen LogP contribution in [0.15, 0.2) is 53.7 Å². The quantitative estimate of drug-likeness (QED) is 0.631. The Bertz CT molecular complexity index is 981. The van der Waals surface area contributed by atoms with Crippen molar-refractivity contribution in [2.75, 3.05) is 18.4 Å². The van der Waals surface area contributed by atoms with E-state index in [0.29, 0.717) is 13.1 Å². The third-order valence-corrected chi connectivity index (χ3v) is 6.66. The van der Waals surface area contributed by atoms with Gasteiger partial charge in [-0.15, -0.1) is 0 Å². The molecule has 32 heavy (non-hydrogen) atoms. The summed E-state index contributed by atoms with van der Waals surface area (Å²) in [5.41, 5.74) is 5.41. The highest BCUT2D eigenvalue weighted by molar-refractivity contribution is 6.01. The summed E-state index contributed by atoms with van der Waals surface area (Å²) in [6.45, 7) is 10.2. The number of para-hydroxylation sites is 1. The van der Waals surface area contributed by atoms with Gasteiger partial charge < -0.3 is 15.1 Å². The van der Waals surface area contributed by atoms with Crippen molar-refractivity contribution in [3.05, 3.63) is 65.2 Å². The molecule has 2 aliphatic heterocycles. The van der Waals surface area contributed by atoms with E-state index in [1.165, 1.54) is 11.1 Å². The van der Waals surface area contributed by atoms with Gasteiger partial charge >= 0.3 is 6.03 Å². The molecule has 0 atom stereocenters. The number of benzene rings is 2. The van der Waals surface area contributed by atoms with Gasteiger partial charge in [0.1, 0.15) is 5.60 Å². The average molecular weight is 434 g/mol. The summed E-state index contributed by atoms with van der Waals surface area (Å²) in [5, 5.41) is 7.56. The first-order valence-electron chi connectivity index (χ1n) is 11.8. The Balaban J connectivity index is 1.34. The largest absolute Gasteiger partial charge is 0.388 e. The average Bonchev–Trinajstić information content (AvgIpc) is 3.19. The molecule has 0 unspecified atom stereocenters. The number of urea groups is 1. The van der Waals surface area contributed by atoms with Crippen LogP contribution in [0.1, 0.15) is 70.1 Å². The van der Waals surface area contributed by atoms with E-state index >= 15 is 0 Å². The van der Waals surface area contributed by atoms with Gasteiger partial charge in [-0.2, -0.15) is 0 Å².